The van der Waals surface area contributed by atoms with Crippen molar-refractivity contribution < 1.29 is 0 Å². The molecule has 0 nitrogen and oxygen atoms in total. The summed E-state index contributed by atoms with van der Waals surface area (Å²) in [4.78, 5) is 0. The predicted molar refractivity (Wildman–Crippen MR) is 116 cm³/mol. The van der Waals surface area contributed by atoms with Crippen LogP contribution in [-0.4, -0.2) is 0 Å². The molecular weight excluding hydrogens is 336 g/mol. The average Bonchev–Trinajstić information content (AvgIpc) is 2.75. The van der Waals surface area contributed by atoms with Gasteiger partial charge in [0.2, 0.25) is 0 Å². The van der Waals surface area contributed by atoms with Crippen LogP contribution >= 0.6 is 0 Å². The van der Waals surface area contributed by atoms with Gasteiger partial charge in [-0.05, 0) is 57.4 Å². The number of benzene rings is 2. The quantitative estimate of drug-likeness (QED) is 0.498. The van der Waals surface area contributed by atoms with Crippen molar-refractivity contribution in [1.82, 2.24) is 0 Å². The Morgan fingerprint density at radius 1 is 0.679 bits per heavy atom. The van der Waals surface area contributed by atoms with Gasteiger partial charge in [-0.3, -0.25) is 0 Å². The largest absolute Gasteiger partial charge is 0.0829 e. The molecule has 0 saturated carbocycles. The SMILES string of the molecule is C1=CC23C=CC=C4C2=C(Cc2ccccc24)c2cccc4c2C3(C=C1)C=CC4. The molecule has 0 fully saturated rings. The first-order valence-electron chi connectivity index (χ1n) is 10.2. The summed E-state index contributed by atoms with van der Waals surface area (Å²) in [5, 5.41) is 0. The molecule has 5 aliphatic carbocycles. The fourth-order valence-corrected chi connectivity index (χ4v) is 6.39. The third-order valence-corrected chi connectivity index (χ3v) is 7.40. The lowest BCUT2D eigenvalue weighted by Crippen LogP contribution is -2.49. The molecule has 0 aliphatic heterocycles. The molecule has 2 aromatic rings. The van der Waals surface area contributed by atoms with Crippen molar-refractivity contribution in [3.63, 3.8) is 0 Å². The van der Waals surface area contributed by atoms with E-state index in [1.165, 1.54) is 44.5 Å². The molecule has 0 N–H and O–H groups in total. The van der Waals surface area contributed by atoms with Gasteiger partial charge in [-0.15, -0.1) is 0 Å². The molecule has 0 radical (unpaired) electrons. The highest BCUT2D eigenvalue weighted by Gasteiger charge is 2.57. The van der Waals surface area contributed by atoms with Crippen molar-refractivity contribution in [1.29, 1.82) is 0 Å². The van der Waals surface area contributed by atoms with Crippen LogP contribution in [0.15, 0.2) is 103 Å². The highest BCUT2D eigenvalue weighted by Crippen LogP contribution is 2.66. The van der Waals surface area contributed by atoms with E-state index in [1.54, 1.807) is 0 Å². The molecule has 7 rings (SSSR count). The zero-order chi connectivity index (χ0) is 18.3. The Bertz CT molecular complexity index is 1260. The summed E-state index contributed by atoms with van der Waals surface area (Å²) in [7, 11) is 0. The van der Waals surface area contributed by atoms with Gasteiger partial charge in [0.15, 0.2) is 0 Å². The minimum atomic E-state index is -0.130. The van der Waals surface area contributed by atoms with E-state index < -0.39 is 0 Å². The number of fused-ring (bicyclic) bond motifs is 3. The monoisotopic (exact) mass is 356 g/mol. The second kappa shape index (κ2) is 4.83. The van der Waals surface area contributed by atoms with Crippen LogP contribution in [0.4, 0.5) is 0 Å². The lowest BCUT2D eigenvalue weighted by Gasteiger charge is -2.56. The fourth-order valence-electron chi connectivity index (χ4n) is 6.39. The van der Waals surface area contributed by atoms with Crippen LogP contribution in [0, 0.1) is 5.41 Å². The second-order valence-electron chi connectivity index (χ2n) is 8.53. The molecule has 5 aliphatic rings. The van der Waals surface area contributed by atoms with Crippen LogP contribution in [0.1, 0.15) is 27.8 Å². The Balaban J connectivity index is 1.68. The van der Waals surface area contributed by atoms with Gasteiger partial charge in [-0.25, -0.2) is 0 Å². The van der Waals surface area contributed by atoms with Gasteiger partial charge in [0.1, 0.15) is 0 Å². The van der Waals surface area contributed by atoms with Gasteiger partial charge < -0.3 is 0 Å². The average molecular weight is 356 g/mol. The van der Waals surface area contributed by atoms with Crippen LogP contribution in [0.5, 0.6) is 0 Å². The van der Waals surface area contributed by atoms with Crippen LogP contribution in [-0.2, 0) is 18.3 Å². The van der Waals surface area contributed by atoms with Crippen molar-refractivity contribution in [2.24, 2.45) is 5.41 Å². The molecule has 0 aromatic heterocycles. The van der Waals surface area contributed by atoms with Crippen molar-refractivity contribution in [3.8, 4) is 0 Å². The van der Waals surface area contributed by atoms with E-state index in [1.807, 2.05) is 0 Å². The van der Waals surface area contributed by atoms with Crippen LogP contribution < -0.4 is 0 Å². The third kappa shape index (κ3) is 1.49. The fraction of sp³-hybridized carbons (Fsp3) is 0.143. The Morgan fingerprint density at radius 2 is 1.46 bits per heavy atom. The third-order valence-electron chi connectivity index (χ3n) is 7.40. The summed E-state index contributed by atoms with van der Waals surface area (Å²) in [6.45, 7) is 0. The Morgan fingerprint density at radius 3 is 2.43 bits per heavy atom. The number of hydrogen-bond donors (Lipinski definition) is 0. The van der Waals surface area contributed by atoms with Crippen molar-refractivity contribution >= 4 is 11.1 Å². The highest BCUT2D eigenvalue weighted by molar-refractivity contribution is 6.01. The molecule has 132 valence electrons. The van der Waals surface area contributed by atoms with Gasteiger partial charge in [0.05, 0.1) is 0 Å². The molecule has 0 amide bonds. The molecule has 2 atom stereocenters. The van der Waals surface area contributed by atoms with Crippen molar-refractivity contribution in [2.75, 3.05) is 0 Å². The molecule has 2 aromatic carbocycles. The summed E-state index contributed by atoms with van der Waals surface area (Å²) >= 11 is 0. The summed E-state index contributed by atoms with van der Waals surface area (Å²) in [6, 6.07) is 15.9. The van der Waals surface area contributed by atoms with E-state index >= 15 is 0 Å². The lowest BCUT2D eigenvalue weighted by molar-refractivity contribution is 0.407. The molecule has 0 heterocycles. The molecule has 0 saturated heterocycles. The maximum atomic E-state index is 2.48. The van der Waals surface area contributed by atoms with Crippen molar-refractivity contribution in [3.05, 3.63) is 131 Å². The first-order chi connectivity index (χ1) is 13.8. The van der Waals surface area contributed by atoms with E-state index in [4.69, 9.17) is 0 Å². The lowest BCUT2D eigenvalue weighted by atomic mass is 9.46. The van der Waals surface area contributed by atoms with E-state index in [9.17, 15) is 0 Å². The number of rotatable bonds is 0. The maximum absolute atomic E-state index is 2.48. The van der Waals surface area contributed by atoms with Gasteiger partial charge in [-0.1, -0.05) is 97.1 Å². The Hall–Kier alpha value is -3.12. The van der Waals surface area contributed by atoms with Gasteiger partial charge >= 0.3 is 0 Å². The standard InChI is InChI=1S/C28H20/c1-2-11-21-20(8-1)18-24-23-12-5-9-19-10-6-16-27(25(19)23)14-3-4-15-28(27)17-7-13-22(21)26(24)28/h1-9,11-17H,10,18H2. The van der Waals surface area contributed by atoms with E-state index in [0.717, 1.165) is 12.8 Å². The summed E-state index contributed by atoms with van der Waals surface area (Å²) < 4.78 is 0. The van der Waals surface area contributed by atoms with Crippen LogP contribution in [0.3, 0.4) is 0 Å². The maximum Gasteiger partial charge on any atom is 0.0494 e. The van der Waals surface area contributed by atoms with E-state index in [0.29, 0.717) is 0 Å². The zero-order valence-corrected chi connectivity index (χ0v) is 15.7. The summed E-state index contributed by atoms with van der Waals surface area (Å²) in [5.41, 5.74) is 11.5. The summed E-state index contributed by atoms with van der Waals surface area (Å²) in [5.74, 6) is 0. The van der Waals surface area contributed by atoms with Crippen molar-refractivity contribution in [2.45, 2.75) is 18.3 Å². The van der Waals surface area contributed by atoms with Crippen LogP contribution in [0.2, 0.25) is 0 Å². The molecule has 2 unspecified atom stereocenters. The van der Waals surface area contributed by atoms with Gasteiger partial charge in [-0.2, -0.15) is 0 Å². The van der Waals surface area contributed by atoms with Gasteiger partial charge in [0, 0.05) is 10.8 Å². The molecular formula is C28H20. The number of allylic oxidation sites excluding steroid dienone is 12. The summed E-state index contributed by atoms with van der Waals surface area (Å²) in [6.07, 6.45) is 23.4. The minimum Gasteiger partial charge on any atom is -0.0829 e. The van der Waals surface area contributed by atoms with Crippen LogP contribution in [0.25, 0.3) is 11.1 Å². The molecule has 2 spiro atoms. The normalized spacial score (nSPS) is 29.6. The first-order valence-corrected chi connectivity index (χ1v) is 10.2. The minimum absolute atomic E-state index is 0.118. The predicted octanol–water partition coefficient (Wildman–Crippen LogP) is 6.13. The second-order valence-corrected chi connectivity index (χ2v) is 8.53. The zero-order valence-electron chi connectivity index (χ0n) is 15.7. The molecule has 0 heteroatoms. The molecule has 0 bridgehead atoms. The smallest absolute Gasteiger partial charge is 0.0494 e. The topological polar surface area (TPSA) is 0 Å². The highest BCUT2D eigenvalue weighted by atomic mass is 14.6. The first kappa shape index (κ1) is 14.9. The van der Waals surface area contributed by atoms with Gasteiger partial charge in [0.25, 0.3) is 0 Å². The Labute approximate surface area is 165 Å². The molecule has 28 heavy (non-hydrogen) atoms. The van der Waals surface area contributed by atoms with E-state index in [2.05, 4.69) is 97.1 Å². The van der Waals surface area contributed by atoms with E-state index in [-0.39, 0.29) is 10.8 Å². The Kier molecular flexibility index (Phi) is 2.57. The number of hydrogen-bond acceptors (Lipinski definition) is 0.